The van der Waals surface area contributed by atoms with Gasteiger partial charge in [0.2, 0.25) is 6.43 Å². The van der Waals surface area contributed by atoms with Gasteiger partial charge in [0.15, 0.2) is 0 Å². The Morgan fingerprint density at radius 1 is 1.67 bits per heavy atom. The van der Waals surface area contributed by atoms with E-state index >= 15 is 0 Å². The van der Waals surface area contributed by atoms with Crippen LogP contribution >= 0.6 is 0 Å². The van der Waals surface area contributed by atoms with E-state index in [2.05, 4.69) is 6.58 Å². The molecule has 0 radical (unpaired) electrons. The van der Waals surface area contributed by atoms with Crippen molar-refractivity contribution in [3.05, 3.63) is 12.2 Å². The molecular weight excluding hydrogens is 124 g/mol. The van der Waals surface area contributed by atoms with Crippen LogP contribution in [0, 0.1) is 5.92 Å². The minimum atomic E-state index is -2.37. The molecule has 0 aromatic rings. The van der Waals surface area contributed by atoms with Gasteiger partial charge in [0.25, 0.3) is 0 Å². The summed E-state index contributed by atoms with van der Waals surface area (Å²) in [5.74, 6) is -0.829. The van der Waals surface area contributed by atoms with Gasteiger partial charge in [0, 0.05) is 6.54 Å². The van der Waals surface area contributed by atoms with E-state index in [1.54, 1.807) is 6.92 Å². The highest BCUT2D eigenvalue weighted by Crippen LogP contribution is 2.15. The van der Waals surface area contributed by atoms with Crippen molar-refractivity contribution in [1.82, 2.24) is 0 Å². The van der Waals surface area contributed by atoms with Crippen molar-refractivity contribution in [2.45, 2.75) is 13.3 Å². The highest BCUT2D eigenvalue weighted by Gasteiger charge is 2.18. The third-order valence-corrected chi connectivity index (χ3v) is 1.19. The molecule has 0 aliphatic heterocycles. The predicted octanol–water partition coefficient (Wildman–Crippen LogP) is 1.40. The molecular formula is C6H11F2N. The molecule has 1 unspecified atom stereocenters. The molecule has 1 nitrogen and oxygen atoms in total. The van der Waals surface area contributed by atoms with Crippen LogP contribution < -0.4 is 5.73 Å². The van der Waals surface area contributed by atoms with Gasteiger partial charge in [-0.15, -0.1) is 0 Å². The van der Waals surface area contributed by atoms with Gasteiger partial charge in [-0.25, -0.2) is 8.78 Å². The van der Waals surface area contributed by atoms with Crippen LogP contribution in [0.4, 0.5) is 8.78 Å². The normalized spacial score (nSPS) is 13.9. The van der Waals surface area contributed by atoms with Crippen molar-refractivity contribution in [3.63, 3.8) is 0 Å². The van der Waals surface area contributed by atoms with Crippen LogP contribution in [0.25, 0.3) is 0 Å². The second-order valence-corrected chi connectivity index (χ2v) is 2.02. The van der Waals surface area contributed by atoms with Gasteiger partial charge < -0.3 is 5.73 Å². The topological polar surface area (TPSA) is 26.0 Å². The Bertz CT molecular complexity index is 101. The Labute approximate surface area is 53.5 Å². The van der Waals surface area contributed by atoms with Gasteiger partial charge in [-0.05, 0) is 6.92 Å². The number of hydrogen-bond donors (Lipinski definition) is 1. The first-order valence-corrected chi connectivity index (χ1v) is 2.73. The fourth-order valence-electron chi connectivity index (χ4n) is 0.519. The molecule has 3 heteroatoms. The van der Waals surface area contributed by atoms with Gasteiger partial charge in [0.1, 0.15) is 0 Å². The van der Waals surface area contributed by atoms with Gasteiger partial charge >= 0.3 is 0 Å². The van der Waals surface area contributed by atoms with E-state index in [0.29, 0.717) is 5.57 Å². The van der Waals surface area contributed by atoms with Crippen LogP contribution in [0.3, 0.4) is 0 Å². The summed E-state index contributed by atoms with van der Waals surface area (Å²) in [5.41, 5.74) is 5.49. The SMILES string of the molecule is C=C(C)C(CN)C(F)F. The zero-order valence-corrected chi connectivity index (χ0v) is 5.40. The van der Waals surface area contributed by atoms with Crippen LogP contribution in [0.5, 0.6) is 0 Å². The monoisotopic (exact) mass is 135 g/mol. The largest absolute Gasteiger partial charge is 0.330 e. The lowest BCUT2D eigenvalue weighted by atomic mass is 10.0. The lowest BCUT2D eigenvalue weighted by Crippen LogP contribution is -2.22. The Morgan fingerprint density at radius 2 is 2.11 bits per heavy atom. The van der Waals surface area contributed by atoms with E-state index in [0.717, 1.165) is 0 Å². The van der Waals surface area contributed by atoms with Crippen molar-refractivity contribution in [3.8, 4) is 0 Å². The standard InChI is InChI=1S/C6H11F2N/c1-4(2)5(3-9)6(7)8/h5-6H,1,3,9H2,2H3. The number of nitrogens with two attached hydrogens (primary N) is 1. The van der Waals surface area contributed by atoms with Crippen LogP contribution in [-0.4, -0.2) is 13.0 Å². The summed E-state index contributed by atoms with van der Waals surface area (Å²) in [4.78, 5) is 0. The number of alkyl halides is 2. The molecule has 0 aromatic heterocycles. The molecule has 0 spiro atoms. The summed E-state index contributed by atoms with van der Waals surface area (Å²) in [5, 5.41) is 0. The van der Waals surface area contributed by atoms with E-state index in [-0.39, 0.29) is 6.54 Å². The second-order valence-electron chi connectivity index (χ2n) is 2.02. The van der Waals surface area contributed by atoms with Crippen molar-refractivity contribution in [2.75, 3.05) is 6.54 Å². The first-order valence-electron chi connectivity index (χ1n) is 2.73. The van der Waals surface area contributed by atoms with E-state index < -0.39 is 12.3 Å². The van der Waals surface area contributed by atoms with Gasteiger partial charge in [-0.2, -0.15) is 0 Å². The molecule has 0 heterocycles. The quantitative estimate of drug-likeness (QED) is 0.581. The fourth-order valence-corrected chi connectivity index (χ4v) is 0.519. The minimum Gasteiger partial charge on any atom is -0.330 e. The maximum absolute atomic E-state index is 11.8. The summed E-state index contributed by atoms with van der Waals surface area (Å²) in [6, 6.07) is 0. The summed E-state index contributed by atoms with van der Waals surface area (Å²) in [6.07, 6.45) is -2.37. The first kappa shape index (κ1) is 8.56. The molecule has 0 aliphatic carbocycles. The highest BCUT2D eigenvalue weighted by molar-refractivity contribution is 4.97. The zero-order chi connectivity index (χ0) is 7.44. The fraction of sp³-hybridized carbons (Fsp3) is 0.667. The summed E-state index contributed by atoms with van der Waals surface area (Å²) in [7, 11) is 0. The molecule has 0 aliphatic rings. The van der Waals surface area contributed by atoms with Crippen LogP contribution in [0.15, 0.2) is 12.2 Å². The Kier molecular flexibility index (Phi) is 3.39. The Morgan fingerprint density at radius 3 is 2.11 bits per heavy atom. The first-order chi connectivity index (χ1) is 4.09. The number of hydrogen-bond acceptors (Lipinski definition) is 1. The average molecular weight is 135 g/mol. The third-order valence-electron chi connectivity index (χ3n) is 1.19. The molecule has 0 rings (SSSR count). The molecule has 0 fully saturated rings. The second kappa shape index (κ2) is 3.56. The van der Waals surface area contributed by atoms with E-state index in [4.69, 9.17) is 5.73 Å². The van der Waals surface area contributed by atoms with Crippen molar-refractivity contribution in [1.29, 1.82) is 0 Å². The lowest BCUT2D eigenvalue weighted by molar-refractivity contribution is 0.0988. The van der Waals surface area contributed by atoms with E-state index in [1.807, 2.05) is 0 Å². The van der Waals surface area contributed by atoms with Crippen molar-refractivity contribution in [2.24, 2.45) is 11.7 Å². The maximum atomic E-state index is 11.8. The van der Waals surface area contributed by atoms with Crippen LogP contribution in [0.2, 0.25) is 0 Å². The summed E-state index contributed by atoms with van der Waals surface area (Å²) in [6.45, 7) is 4.93. The lowest BCUT2D eigenvalue weighted by Gasteiger charge is -2.11. The summed E-state index contributed by atoms with van der Waals surface area (Å²) < 4.78 is 23.6. The molecule has 54 valence electrons. The summed E-state index contributed by atoms with van der Waals surface area (Å²) >= 11 is 0. The van der Waals surface area contributed by atoms with E-state index in [9.17, 15) is 8.78 Å². The van der Waals surface area contributed by atoms with Crippen LogP contribution in [-0.2, 0) is 0 Å². The predicted molar refractivity (Wildman–Crippen MR) is 33.4 cm³/mol. The molecule has 1 atom stereocenters. The molecule has 2 N–H and O–H groups in total. The smallest absolute Gasteiger partial charge is 0.246 e. The number of rotatable bonds is 3. The van der Waals surface area contributed by atoms with E-state index in [1.165, 1.54) is 0 Å². The Hall–Kier alpha value is -0.440. The van der Waals surface area contributed by atoms with Gasteiger partial charge in [-0.1, -0.05) is 12.2 Å². The molecule has 0 saturated carbocycles. The molecule has 0 amide bonds. The maximum Gasteiger partial charge on any atom is 0.246 e. The molecule has 9 heavy (non-hydrogen) atoms. The molecule has 0 aromatic carbocycles. The molecule has 0 saturated heterocycles. The van der Waals surface area contributed by atoms with Gasteiger partial charge in [0.05, 0.1) is 5.92 Å². The average Bonchev–Trinajstić information content (AvgIpc) is 1.64. The zero-order valence-electron chi connectivity index (χ0n) is 5.40. The minimum absolute atomic E-state index is 0.0208. The van der Waals surface area contributed by atoms with Crippen molar-refractivity contribution >= 4 is 0 Å². The van der Waals surface area contributed by atoms with Gasteiger partial charge in [-0.3, -0.25) is 0 Å². The number of halogens is 2. The third kappa shape index (κ3) is 2.56. The molecule has 0 bridgehead atoms. The van der Waals surface area contributed by atoms with Crippen molar-refractivity contribution < 1.29 is 8.78 Å². The highest BCUT2D eigenvalue weighted by atomic mass is 19.3. The Balaban J connectivity index is 3.83. The van der Waals surface area contributed by atoms with Crippen LogP contribution in [0.1, 0.15) is 6.92 Å².